The summed E-state index contributed by atoms with van der Waals surface area (Å²) in [4.78, 5) is 25.1. The first kappa shape index (κ1) is 14.5. The smallest absolute Gasteiger partial charge is 0.305 e. The second-order valence-corrected chi connectivity index (χ2v) is 4.99. The SMILES string of the molecule is CC(C(=O)N1CCOCC1CC(=O)O)c1ccccc1. The van der Waals surface area contributed by atoms with Gasteiger partial charge in [-0.25, -0.2) is 0 Å². The third-order valence-corrected chi connectivity index (χ3v) is 3.59. The number of hydrogen-bond donors (Lipinski definition) is 1. The van der Waals surface area contributed by atoms with Crippen molar-refractivity contribution in [2.24, 2.45) is 0 Å². The summed E-state index contributed by atoms with van der Waals surface area (Å²) >= 11 is 0. The number of amides is 1. The maximum absolute atomic E-state index is 12.6. The largest absolute Gasteiger partial charge is 0.481 e. The highest BCUT2D eigenvalue weighted by Crippen LogP contribution is 2.21. The first-order valence-corrected chi connectivity index (χ1v) is 6.74. The van der Waals surface area contributed by atoms with Crippen LogP contribution in [0.1, 0.15) is 24.8 Å². The van der Waals surface area contributed by atoms with Crippen LogP contribution in [0.25, 0.3) is 0 Å². The van der Waals surface area contributed by atoms with Crippen LogP contribution in [-0.4, -0.2) is 47.7 Å². The molecule has 0 saturated carbocycles. The number of hydrogen-bond acceptors (Lipinski definition) is 3. The summed E-state index contributed by atoms with van der Waals surface area (Å²) in [6, 6.07) is 9.15. The Bertz CT molecular complexity index is 474. The van der Waals surface area contributed by atoms with Gasteiger partial charge in [0.2, 0.25) is 5.91 Å². The van der Waals surface area contributed by atoms with Crippen molar-refractivity contribution in [2.45, 2.75) is 25.3 Å². The average Bonchev–Trinajstić information content (AvgIpc) is 2.46. The Kier molecular flexibility index (Phi) is 4.74. The van der Waals surface area contributed by atoms with Crippen LogP contribution in [-0.2, 0) is 14.3 Å². The van der Waals surface area contributed by atoms with Crippen LogP contribution < -0.4 is 0 Å². The lowest BCUT2D eigenvalue weighted by molar-refractivity contribution is -0.147. The number of benzene rings is 1. The third-order valence-electron chi connectivity index (χ3n) is 3.59. The summed E-state index contributed by atoms with van der Waals surface area (Å²) in [5.41, 5.74) is 0.943. The number of ether oxygens (including phenoxy) is 1. The molecule has 1 aliphatic heterocycles. The van der Waals surface area contributed by atoms with E-state index in [1.807, 2.05) is 37.3 Å². The summed E-state index contributed by atoms with van der Waals surface area (Å²) in [7, 11) is 0. The van der Waals surface area contributed by atoms with Crippen LogP contribution in [0.4, 0.5) is 0 Å². The minimum absolute atomic E-state index is 0.0363. The van der Waals surface area contributed by atoms with Gasteiger partial charge in [0.05, 0.1) is 31.6 Å². The maximum atomic E-state index is 12.6. The van der Waals surface area contributed by atoms with Crippen molar-refractivity contribution in [1.29, 1.82) is 0 Å². The molecular weight excluding hydrogens is 258 g/mol. The molecule has 1 aromatic carbocycles. The quantitative estimate of drug-likeness (QED) is 0.905. The molecule has 20 heavy (non-hydrogen) atoms. The van der Waals surface area contributed by atoms with E-state index < -0.39 is 5.97 Å². The highest BCUT2D eigenvalue weighted by molar-refractivity contribution is 5.84. The fourth-order valence-electron chi connectivity index (χ4n) is 2.45. The minimum Gasteiger partial charge on any atom is -0.481 e. The molecule has 1 amide bonds. The number of morpholine rings is 1. The molecule has 1 aromatic rings. The fourth-order valence-corrected chi connectivity index (χ4v) is 2.45. The van der Waals surface area contributed by atoms with Gasteiger partial charge in [-0.1, -0.05) is 30.3 Å². The fraction of sp³-hybridized carbons (Fsp3) is 0.467. The Balaban J connectivity index is 2.11. The van der Waals surface area contributed by atoms with E-state index >= 15 is 0 Å². The van der Waals surface area contributed by atoms with Gasteiger partial charge in [-0.3, -0.25) is 9.59 Å². The van der Waals surface area contributed by atoms with Crippen LogP contribution in [0.15, 0.2) is 30.3 Å². The monoisotopic (exact) mass is 277 g/mol. The number of nitrogens with zero attached hydrogens (tertiary/aromatic N) is 1. The second-order valence-electron chi connectivity index (χ2n) is 4.99. The highest BCUT2D eigenvalue weighted by atomic mass is 16.5. The molecule has 1 saturated heterocycles. The zero-order valence-corrected chi connectivity index (χ0v) is 11.5. The topological polar surface area (TPSA) is 66.8 Å². The molecule has 1 N–H and O–H groups in total. The van der Waals surface area contributed by atoms with Crippen LogP contribution in [0, 0.1) is 0 Å². The van der Waals surface area contributed by atoms with Crippen LogP contribution in [0.5, 0.6) is 0 Å². The molecule has 2 rings (SSSR count). The Morgan fingerprint density at radius 1 is 1.40 bits per heavy atom. The van der Waals surface area contributed by atoms with Gasteiger partial charge in [-0.2, -0.15) is 0 Å². The van der Waals surface area contributed by atoms with Crippen molar-refractivity contribution in [3.8, 4) is 0 Å². The van der Waals surface area contributed by atoms with E-state index in [0.717, 1.165) is 5.56 Å². The zero-order valence-electron chi connectivity index (χ0n) is 11.5. The molecule has 1 fully saturated rings. The van der Waals surface area contributed by atoms with Crippen molar-refractivity contribution in [3.63, 3.8) is 0 Å². The lowest BCUT2D eigenvalue weighted by atomic mass is 9.98. The number of carbonyl (C=O) groups excluding carboxylic acids is 1. The van der Waals surface area contributed by atoms with Gasteiger partial charge in [-0.15, -0.1) is 0 Å². The van der Waals surface area contributed by atoms with E-state index in [4.69, 9.17) is 9.84 Å². The summed E-state index contributed by atoms with van der Waals surface area (Å²) in [6.07, 6.45) is -0.0761. The van der Waals surface area contributed by atoms with Gasteiger partial charge in [-0.05, 0) is 12.5 Å². The zero-order chi connectivity index (χ0) is 14.5. The van der Waals surface area contributed by atoms with E-state index in [0.29, 0.717) is 19.8 Å². The van der Waals surface area contributed by atoms with Crippen LogP contribution >= 0.6 is 0 Å². The summed E-state index contributed by atoms with van der Waals surface area (Å²) in [5.74, 6) is -1.22. The molecule has 0 spiro atoms. The molecule has 0 aromatic heterocycles. The van der Waals surface area contributed by atoms with Crippen molar-refractivity contribution in [3.05, 3.63) is 35.9 Å². The summed E-state index contributed by atoms with van der Waals surface area (Å²) < 4.78 is 5.29. The molecule has 2 atom stereocenters. The third kappa shape index (κ3) is 3.36. The van der Waals surface area contributed by atoms with Gasteiger partial charge < -0.3 is 14.7 Å². The van der Waals surface area contributed by atoms with Gasteiger partial charge in [0.15, 0.2) is 0 Å². The molecular formula is C15H19NO4. The molecule has 2 unspecified atom stereocenters. The molecule has 0 aliphatic carbocycles. The first-order chi connectivity index (χ1) is 9.59. The predicted molar refractivity (Wildman–Crippen MR) is 73.4 cm³/mol. The van der Waals surface area contributed by atoms with E-state index in [9.17, 15) is 9.59 Å². The maximum Gasteiger partial charge on any atom is 0.305 e. The molecule has 108 valence electrons. The minimum atomic E-state index is -0.911. The first-order valence-electron chi connectivity index (χ1n) is 6.74. The van der Waals surface area contributed by atoms with Gasteiger partial charge in [0.25, 0.3) is 0 Å². The van der Waals surface area contributed by atoms with Crippen molar-refractivity contribution < 1.29 is 19.4 Å². The summed E-state index contributed by atoms with van der Waals surface area (Å²) in [5, 5.41) is 8.93. The van der Waals surface area contributed by atoms with Gasteiger partial charge >= 0.3 is 5.97 Å². The number of carboxylic acid groups (broad SMARTS) is 1. The lowest BCUT2D eigenvalue weighted by Gasteiger charge is -2.36. The molecule has 5 nitrogen and oxygen atoms in total. The Morgan fingerprint density at radius 2 is 2.10 bits per heavy atom. The Morgan fingerprint density at radius 3 is 2.75 bits per heavy atom. The Labute approximate surface area is 118 Å². The molecule has 1 aliphatic rings. The lowest BCUT2D eigenvalue weighted by Crippen LogP contribution is -2.50. The average molecular weight is 277 g/mol. The van der Waals surface area contributed by atoms with E-state index in [2.05, 4.69) is 0 Å². The van der Waals surface area contributed by atoms with Crippen molar-refractivity contribution >= 4 is 11.9 Å². The molecule has 1 heterocycles. The second kappa shape index (κ2) is 6.52. The number of carboxylic acids is 1. The van der Waals surface area contributed by atoms with Crippen LogP contribution in [0.2, 0.25) is 0 Å². The van der Waals surface area contributed by atoms with E-state index in [1.165, 1.54) is 0 Å². The van der Waals surface area contributed by atoms with Crippen LogP contribution in [0.3, 0.4) is 0 Å². The highest BCUT2D eigenvalue weighted by Gasteiger charge is 2.31. The number of carbonyl (C=O) groups is 2. The van der Waals surface area contributed by atoms with Gasteiger partial charge in [0, 0.05) is 6.54 Å². The number of aliphatic carboxylic acids is 1. The van der Waals surface area contributed by atoms with Crippen molar-refractivity contribution in [1.82, 2.24) is 4.90 Å². The number of rotatable bonds is 4. The predicted octanol–water partition coefficient (Wildman–Crippen LogP) is 1.49. The van der Waals surface area contributed by atoms with Gasteiger partial charge in [0.1, 0.15) is 0 Å². The standard InChI is InChI=1S/C15H19NO4/c1-11(12-5-3-2-4-6-12)15(19)16-7-8-20-10-13(16)9-14(17)18/h2-6,11,13H,7-10H2,1H3,(H,17,18). The van der Waals surface area contributed by atoms with E-state index in [-0.39, 0.29) is 24.3 Å². The van der Waals surface area contributed by atoms with Crippen molar-refractivity contribution in [2.75, 3.05) is 19.8 Å². The molecule has 0 bridgehead atoms. The molecule has 0 radical (unpaired) electrons. The van der Waals surface area contributed by atoms with E-state index in [1.54, 1.807) is 4.90 Å². The molecule has 5 heteroatoms. The Hall–Kier alpha value is -1.88. The summed E-state index contributed by atoms with van der Waals surface area (Å²) in [6.45, 7) is 3.06. The normalized spacial score (nSPS) is 20.4.